The van der Waals surface area contributed by atoms with Gasteiger partial charge in [0, 0.05) is 25.2 Å². The van der Waals surface area contributed by atoms with E-state index in [2.05, 4.69) is 4.90 Å². The number of hydrogen-bond donors (Lipinski definition) is 0. The number of benzene rings is 3. The van der Waals surface area contributed by atoms with E-state index in [1.54, 1.807) is 54.3 Å². The molecule has 40 heavy (non-hydrogen) atoms. The minimum Gasteiger partial charge on any atom is -0.361 e. The van der Waals surface area contributed by atoms with Gasteiger partial charge in [-0.2, -0.15) is 5.26 Å². The maximum absolute atomic E-state index is 14.6. The summed E-state index contributed by atoms with van der Waals surface area (Å²) in [5, 5.41) is 9.28. The second-order valence-electron chi connectivity index (χ2n) is 10.0. The van der Waals surface area contributed by atoms with Crippen LogP contribution in [0.4, 0.5) is 15.8 Å². The van der Waals surface area contributed by atoms with E-state index < -0.39 is 15.8 Å². The first-order valence-corrected chi connectivity index (χ1v) is 14.7. The molecular formula is C30H28ClFN4O3S. The van der Waals surface area contributed by atoms with Crippen LogP contribution in [0.5, 0.6) is 0 Å². The van der Waals surface area contributed by atoms with Crippen molar-refractivity contribution < 1.29 is 17.6 Å². The summed E-state index contributed by atoms with van der Waals surface area (Å²) in [5.74, 6) is -0.696. The summed E-state index contributed by atoms with van der Waals surface area (Å²) in [6.45, 7) is 4.99. The van der Waals surface area contributed by atoms with Gasteiger partial charge in [0.15, 0.2) is 0 Å². The van der Waals surface area contributed by atoms with Crippen molar-refractivity contribution in [2.75, 3.05) is 35.4 Å². The number of rotatable bonds is 5. The Balaban J connectivity index is 1.60. The van der Waals surface area contributed by atoms with Gasteiger partial charge in [-0.05, 0) is 66.9 Å². The van der Waals surface area contributed by atoms with Crippen LogP contribution in [-0.2, 0) is 14.8 Å². The Kier molecular flexibility index (Phi) is 7.58. The van der Waals surface area contributed by atoms with E-state index in [1.165, 1.54) is 10.4 Å². The number of halogens is 2. The molecule has 0 aromatic heterocycles. The lowest BCUT2D eigenvalue weighted by molar-refractivity contribution is -0.130. The average molecular weight is 579 g/mol. The number of fused-ring (bicyclic) bond motifs is 3. The SMILES string of the molecule is C/C(=C\c1ccc2c(c1)N(S(=O)(=O)c1cccc(C)c1)C[C@@H]1CN(C(=O)CC#N)CCN21)c1c(F)cccc1Cl. The minimum absolute atomic E-state index is 0.130. The molecule has 206 valence electrons. The molecular weight excluding hydrogens is 551 g/mol. The first-order chi connectivity index (χ1) is 19.1. The molecule has 5 rings (SSSR count). The maximum Gasteiger partial charge on any atom is 0.264 e. The fourth-order valence-electron chi connectivity index (χ4n) is 5.42. The fraction of sp³-hybridized carbons (Fsp3) is 0.267. The number of hydrogen-bond acceptors (Lipinski definition) is 5. The lowest BCUT2D eigenvalue weighted by Gasteiger charge is -2.49. The molecule has 2 aliphatic heterocycles. The van der Waals surface area contributed by atoms with Gasteiger partial charge < -0.3 is 9.80 Å². The van der Waals surface area contributed by atoms with Crippen LogP contribution >= 0.6 is 11.6 Å². The first-order valence-electron chi connectivity index (χ1n) is 12.9. The molecule has 0 spiro atoms. The third kappa shape index (κ3) is 5.17. The number of aryl methyl sites for hydroxylation is 1. The van der Waals surface area contributed by atoms with E-state index in [1.807, 2.05) is 31.2 Å². The van der Waals surface area contributed by atoms with Crippen molar-refractivity contribution in [1.82, 2.24) is 4.90 Å². The molecule has 0 N–H and O–H groups in total. The Morgan fingerprint density at radius 3 is 2.60 bits per heavy atom. The van der Waals surface area contributed by atoms with Gasteiger partial charge in [-0.15, -0.1) is 0 Å². The molecule has 3 aromatic rings. The normalized spacial score (nSPS) is 17.2. The summed E-state index contributed by atoms with van der Waals surface area (Å²) < 4.78 is 44.1. The smallest absolute Gasteiger partial charge is 0.264 e. The largest absolute Gasteiger partial charge is 0.361 e. The monoisotopic (exact) mass is 578 g/mol. The lowest BCUT2D eigenvalue weighted by Crippen LogP contribution is -2.61. The number of nitrogens with zero attached hydrogens (tertiary/aromatic N) is 4. The number of carbonyl (C=O) groups is 1. The zero-order chi connectivity index (χ0) is 28.6. The van der Waals surface area contributed by atoms with Gasteiger partial charge in [-0.25, -0.2) is 12.8 Å². The summed E-state index contributed by atoms with van der Waals surface area (Å²) in [7, 11) is -3.96. The predicted octanol–water partition coefficient (Wildman–Crippen LogP) is 5.49. The Morgan fingerprint density at radius 1 is 1.10 bits per heavy atom. The number of carbonyl (C=O) groups excluding carboxylic acids is 1. The molecule has 0 bridgehead atoms. The fourth-order valence-corrected chi connectivity index (χ4v) is 7.35. The molecule has 7 nitrogen and oxygen atoms in total. The van der Waals surface area contributed by atoms with Gasteiger partial charge in [0.05, 0.1) is 39.9 Å². The predicted molar refractivity (Wildman–Crippen MR) is 155 cm³/mol. The van der Waals surface area contributed by atoms with Crippen LogP contribution in [0.25, 0.3) is 11.6 Å². The Labute approximate surface area is 238 Å². The Hall–Kier alpha value is -3.87. The van der Waals surface area contributed by atoms with Crippen LogP contribution in [0.15, 0.2) is 65.6 Å². The van der Waals surface area contributed by atoms with Gasteiger partial charge in [0.25, 0.3) is 10.0 Å². The third-order valence-electron chi connectivity index (χ3n) is 7.34. The molecule has 3 aromatic carbocycles. The molecule has 0 unspecified atom stereocenters. The van der Waals surface area contributed by atoms with Gasteiger partial charge in [0.2, 0.25) is 5.91 Å². The van der Waals surface area contributed by atoms with E-state index in [4.69, 9.17) is 16.9 Å². The highest BCUT2D eigenvalue weighted by Crippen LogP contribution is 2.41. The quantitative estimate of drug-likeness (QED) is 0.374. The van der Waals surface area contributed by atoms with Crippen molar-refractivity contribution in [1.29, 1.82) is 5.26 Å². The van der Waals surface area contributed by atoms with Gasteiger partial charge >= 0.3 is 0 Å². The topological polar surface area (TPSA) is 84.7 Å². The molecule has 0 aliphatic carbocycles. The molecule has 1 saturated heterocycles. The Morgan fingerprint density at radius 2 is 1.88 bits per heavy atom. The number of allylic oxidation sites excluding steroid dienone is 1. The van der Waals surface area contributed by atoms with Crippen LogP contribution in [-0.4, -0.2) is 51.4 Å². The number of amides is 1. The first kappa shape index (κ1) is 27.7. The van der Waals surface area contributed by atoms with Crippen LogP contribution in [0, 0.1) is 24.1 Å². The molecule has 10 heteroatoms. The Bertz CT molecular complexity index is 1650. The minimum atomic E-state index is -3.96. The van der Waals surface area contributed by atoms with Crippen molar-refractivity contribution >= 4 is 50.6 Å². The highest BCUT2D eigenvalue weighted by Gasteiger charge is 2.40. The number of piperazine rings is 1. The van der Waals surface area contributed by atoms with Crippen molar-refractivity contribution in [3.8, 4) is 6.07 Å². The number of sulfonamides is 1. The van der Waals surface area contributed by atoms with Gasteiger partial charge in [-0.3, -0.25) is 9.10 Å². The van der Waals surface area contributed by atoms with Gasteiger partial charge in [-0.1, -0.05) is 41.9 Å². The summed E-state index contributed by atoms with van der Waals surface area (Å²) in [6.07, 6.45) is 1.57. The summed E-state index contributed by atoms with van der Waals surface area (Å²) in [6, 6.07) is 18.4. The van der Waals surface area contributed by atoms with Crippen LogP contribution in [0.3, 0.4) is 0 Å². The molecule has 2 aliphatic rings. The molecule has 1 fully saturated rings. The van der Waals surface area contributed by atoms with E-state index in [0.29, 0.717) is 47.0 Å². The van der Waals surface area contributed by atoms with Crippen LogP contribution in [0.2, 0.25) is 5.02 Å². The highest BCUT2D eigenvalue weighted by atomic mass is 35.5. The molecule has 1 atom stereocenters. The molecule has 2 heterocycles. The molecule has 0 saturated carbocycles. The van der Waals surface area contributed by atoms with Crippen LogP contribution in [0.1, 0.15) is 30.0 Å². The van der Waals surface area contributed by atoms with Crippen molar-refractivity contribution in [2.24, 2.45) is 0 Å². The van der Waals surface area contributed by atoms with Crippen molar-refractivity contribution in [3.63, 3.8) is 0 Å². The lowest BCUT2D eigenvalue weighted by atomic mass is 10.0. The third-order valence-corrected chi connectivity index (χ3v) is 9.43. The maximum atomic E-state index is 14.6. The summed E-state index contributed by atoms with van der Waals surface area (Å²) in [5.41, 5.74) is 3.66. The van der Waals surface area contributed by atoms with E-state index in [9.17, 15) is 17.6 Å². The molecule has 1 amide bonds. The number of nitriles is 1. The zero-order valence-corrected chi connectivity index (χ0v) is 23.7. The highest BCUT2D eigenvalue weighted by molar-refractivity contribution is 7.92. The van der Waals surface area contributed by atoms with Crippen LogP contribution < -0.4 is 9.21 Å². The standard InChI is InChI=1S/C30H28ClFN4O3S/c1-20-5-3-6-24(15-20)40(38,39)36-19-23-18-34(29(37)11-12-33)13-14-35(23)27-10-9-22(17-28(27)36)16-21(2)30-25(31)7-4-8-26(30)32/h3-10,15-17,23H,11,13-14,18-19H2,1-2H3/b21-16+/t23-/m0/s1. The summed E-state index contributed by atoms with van der Waals surface area (Å²) >= 11 is 6.28. The second-order valence-corrected chi connectivity index (χ2v) is 12.3. The van der Waals surface area contributed by atoms with Gasteiger partial charge in [0.1, 0.15) is 12.2 Å². The zero-order valence-electron chi connectivity index (χ0n) is 22.1. The van der Waals surface area contributed by atoms with Crippen molar-refractivity contribution in [2.45, 2.75) is 31.2 Å². The second kappa shape index (κ2) is 11.0. The average Bonchev–Trinajstić information content (AvgIpc) is 2.92. The molecule has 0 radical (unpaired) electrons. The van der Waals surface area contributed by atoms with E-state index in [0.717, 1.165) is 11.3 Å². The number of anilines is 2. The summed E-state index contributed by atoms with van der Waals surface area (Å²) in [4.78, 5) is 16.4. The van der Waals surface area contributed by atoms with E-state index in [-0.39, 0.29) is 29.8 Å². The van der Waals surface area contributed by atoms with E-state index >= 15 is 0 Å². The van der Waals surface area contributed by atoms with Crippen molar-refractivity contribution in [3.05, 3.63) is 88.2 Å².